The molecule has 0 fully saturated rings. The van der Waals surface area contributed by atoms with Crippen molar-refractivity contribution in [1.82, 2.24) is 0 Å². The van der Waals surface area contributed by atoms with Crippen LogP contribution in [0.15, 0.2) is 28.7 Å². The predicted molar refractivity (Wildman–Crippen MR) is 81.6 cm³/mol. The second-order valence-corrected chi connectivity index (χ2v) is 6.36. The second kappa shape index (κ2) is 5.95. The first-order valence-electron chi connectivity index (χ1n) is 5.55. The van der Waals surface area contributed by atoms with Gasteiger partial charge in [0.25, 0.3) is 0 Å². The molecule has 96 valence electrons. The molecule has 2 rings (SSSR count). The molecule has 0 aliphatic heterocycles. The molecule has 0 saturated carbocycles. The van der Waals surface area contributed by atoms with E-state index in [4.69, 9.17) is 22.1 Å². The van der Waals surface area contributed by atoms with E-state index in [0.29, 0.717) is 23.1 Å². The molecular formula is C13H13BrClNOS. The number of nitrogens with two attached hydrogens (primary N) is 1. The van der Waals surface area contributed by atoms with Gasteiger partial charge in [-0.25, -0.2) is 0 Å². The summed E-state index contributed by atoms with van der Waals surface area (Å²) in [5.41, 5.74) is 6.42. The number of benzene rings is 1. The van der Waals surface area contributed by atoms with Crippen LogP contribution in [0.5, 0.6) is 5.75 Å². The molecule has 0 aliphatic rings. The van der Waals surface area contributed by atoms with Gasteiger partial charge in [-0.3, -0.25) is 0 Å². The van der Waals surface area contributed by atoms with E-state index in [1.807, 2.05) is 0 Å². The van der Waals surface area contributed by atoms with Crippen molar-refractivity contribution in [2.75, 3.05) is 5.73 Å². The molecule has 0 aliphatic carbocycles. The largest absolute Gasteiger partial charge is 0.485 e. The van der Waals surface area contributed by atoms with Gasteiger partial charge in [0.05, 0.1) is 10.2 Å². The van der Waals surface area contributed by atoms with Crippen LogP contribution >= 0.6 is 38.9 Å². The van der Waals surface area contributed by atoms with E-state index in [9.17, 15) is 0 Å². The Labute approximate surface area is 124 Å². The van der Waals surface area contributed by atoms with E-state index in [2.05, 4.69) is 35.0 Å². The average Bonchev–Trinajstić information content (AvgIpc) is 2.75. The molecule has 0 atom stereocenters. The lowest BCUT2D eigenvalue weighted by Gasteiger charge is -2.10. The van der Waals surface area contributed by atoms with Crippen LogP contribution < -0.4 is 10.5 Å². The molecule has 1 aromatic heterocycles. The summed E-state index contributed by atoms with van der Waals surface area (Å²) in [4.78, 5) is 2.55. The number of halogens is 2. The van der Waals surface area contributed by atoms with E-state index in [1.54, 1.807) is 23.5 Å². The molecule has 5 heteroatoms. The zero-order valence-corrected chi connectivity index (χ0v) is 13.0. The second-order valence-electron chi connectivity index (χ2n) is 3.82. The fourth-order valence-electron chi connectivity index (χ4n) is 1.57. The fourth-order valence-corrected chi connectivity index (χ4v) is 3.39. The number of anilines is 1. The van der Waals surface area contributed by atoms with E-state index >= 15 is 0 Å². The zero-order valence-electron chi connectivity index (χ0n) is 9.87. The summed E-state index contributed by atoms with van der Waals surface area (Å²) >= 11 is 11.1. The van der Waals surface area contributed by atoms with Gasteiger partial charge in [0.2, 0.25) is 0 Å². The van der Waals surface area contributed by atoms with Crippen molar-refractivity contribution in [1.29, 1.82) is 0 Å². The first-order valence-corrected chi connectivity index (χ1v) is 7.53. The molecular weight excluding hydrogens is 334 g/mol. The highest BCUT2D eigenvalue weighted by Crippen LogP contribution is 2.35. The van der Waals surface area contributed by atoms with Gasteiger partial charge >= 0.3 is 0 Å². The highest BCUT2D eigenvalue weighted by molar-refractivity contribution is 9.10. The Hall–Kier alpha value is -0.710. The molecule has 1 heterocycles. The van der Waals surface area contributed by atoms with Crippen LogP contribution in [0.1, 0.15) is 16.7 Å². The normalized spacial score (nSPS) is 10.6. The van der Waals surface area contributed by atoms with Crippen LogP contribution in [0.4, 0.5) is 5.69 Å². The minimum Gasteiger partial charge on any atom is -0.485 e. The Morgan fingerprint density at radius 3 is 2.67 bits per heavy atom. The fraction of sp³-hybridized carbons (Fsp3) is 0.231. The van der Waals surface area contributed by atoms with Crippen LogP contribution in [0.25, 0.3) is 0 Å². The number of hydrogen-bond donors (Lipinski definition) is 1. The van der Waals surface area contributed by atoms with E-state index in [0.717, 1.165) is 10.9 Å². The van der Waals surface area contributed by atoms with Crippen LogP contribution in [-0.2, 0) is 13.0 Å². The third-order valence-electron chi connectivity index (χ3n) is 2.46. The maximum Gasteiger partial charge on any atom is 0.156 e. The molecule has 0 amide bonds. The van der Waals surface area contributed by atoms with Crippen molar-refractivity contribution in [2.45, 2.75) is 20.0 Å². The monoisotopic (exact) mass is 345 g/mol. The van der Waals surface area contributed by atoms with Crippen molar-refractivity contribution in [3.05, 3.63) is 43.5 Å². The van der Waals surface area contributed by atoms with Gasteiger partial charge in [-0.1, -0.05) is 18.5 Å². The summed E-state index contributed by atoms with van der Waals surface area (Å²) in [7, 11) is 0. The number of thiophene rings is 1. The molecule has 0 saturated heterocycles. The van der Waals surface area contributed by atoms with Crippen LogP contribution in [0.3, 0.4) is 0 Å². The topological polar surface area (TPSA) is 35.2 Å². The molecule has 0 bridgehead atoms. The van der Waals surface area contributed by atoms with Gasteiger partial charge in [0.1, 0.15) is 6.61 Å². The Morgan fingerprint density at radius 1 is 1.33 bits per heavy atom. The van der Waals surface area contributed by atoms with Crippen molar-refractivity contribution < 1.29 is 4.74 Å². The Balaban J connectivity index is 2.10. The Morgan fingerprint density at radius 2 is 2.06 bits per heavy atom. The third kappa shape index (κ3) is 3.19. The van der Waals surface area contributed by atoms with Gasteiger partial charge in [-0.15, -0.1) is 11.3 Å². The molecule has 2 aromatic rings. The lowest BCUT2D eigenvalue weighted by molar-refractivity contribution is 0.309. The smallest absolute Gasteiger partial charge is 0.156 e. The summed E-state index contributed by atoms with van der Waals surface area (Å²) in [6.45, 7) is 2.67. The molecule has 2 nitrogen and oxygen atoms in total. The number of rotatable bonds is 4. The van der Waals surface area contributed by atoms with Crippen LogP contribution in [0.2, 0.25) is 5.02 Å². The highest BCUT2D eigenvalue weighted by atomic mass is 79.9. The summed E-state index contributed by atoms with van der Waals surface area (Å²) in [6.07, 6.45) is 1.05. The lowest BCUT2D eigenvalue weighted by Crippen LogP contribution is -1.98. The first kappa shape index (κ1) is 13.7. The van der Waals surface area contributed by atoms with Crippen LogP contribution in [-0.4, -0.2) is 0 Å². The van der Waals surface area contributed by atoms with E-state index in [1.165, 1.54) is 9.75 Å². The van der Waals surface area contributed by atoms with Gasteiger partial charge in [-0.05, 0) is 46.6 Å². The highest BCUT2D eigenvalue weighted by Gasteiger charge is 2.09. The minimum absolute atomic E-state index is 0.523. The SMILES string of the molecule is CCc1ccc(COc2c(N)cc(Cl)cc2Br)s1. The van der Waals surface area contributed by atoms with Gasteiger partial charge in [0.15, 0.2) is 5.75 Å². The number of ether oxygens (including phenoxy) is 1. The molecule has 0 spiro atoms. The average molecular weight is 347 g/mol. The maximum absolute atomic E-state index is 5.90. The van der Waals surface area contributed by atoms with Crippen molar-refractivity contribution in [2.24, 2.45) is 0 Å². The van der Waals surface area contributed by atoms with Crippen molar-refractivity contribution >= 4 is 44.6 Å². The standard InChI is InChI=1S/C13H13BrClNOS/c1-2-9-3-4-10(18-9)7-17-13-11(14)5-8(15)6-12(13)16/h3-6H,2,7,16H2,1H3. The van der Waals surface area contributed by atoms with Gasteiger partial charge in [-0.2, -0.15) is 0 Å². The zero-order chi connectivity index (χ0) is 13.1. The number of hydrogen-bond acceptors (Lipinski definition) is 3. The summed E-state index contributed by atoms with van der Waals surface area (Å²) in [5, 5.41) is 0.594. The summed E-state index contributed by atoms with van der Waals surface area (Å²) < 4.78 is 6.52. The van der Waals surface area contributed by atoms with E-state index in [-0.39, 0.29) is 0 Å². The molecule has 0 unspecified atom stereocenters. The minimum atomic E-state index is 0.523. The predicted octanol–water partition coefficient (Wildman–Crippen LogP) is 4.89. The van der Waals surface area contributed by atoms with Crippen LogP contribution in [0, 0.1) is 0 Å². The van der Waals surface area contributed by atoms with Gasteiger partial charge in [0, 0.05) is 14.8 Å². The number of aryl methyl sites for hydroxylation is 1. The quantitative estimate of drug-likeness (QED) is 0.800. The van der Waals surface area contributed by atoms with Gasteiger partial charge < -0.3 is 10.5 Å². The molecule has 0 radical (unpaired) electrons. The maximum atomic E-state index is 5.90. The Bertz CT molecular complexity index is 533. The lowest BCUT2D eigenvalue weighted by atomic mass is 10.3. The van der Waals surface area contributed by atoms with Crippen molar-refractivity contribution in [3.63, 3.8) is 0 Å². The first-order chi connectivity index (χ1) is 8.60. The number of nitrogen functional groups attached to an aromatic ring is 1. The Kier molecular flexibility index (Phi) is 4.54. The summed E-state index contributed by atoms with van der Waals surface area (Å²) in [6, 6.07) is 7.68. The molecule has 2 N–H and O–H groups in total. The molecule has 1 aromatic carbocycles. The van der Waals surface area contributed by atoms with E-state index < -0.39 is 0 Å². The molecule has 18 heavy (non-hydrogen) atoms. The summed E-state index contributed by atoms with van der Waals surface area (Å²) in [5.74, 6) is 0.644. The van der Waals surface area contributed by atoms with Crippen molar-refractivity contribution in [3.8, 4) is 5.75 Å². The third-order valence-corrected chi connectivity index (χ3v) is 4.47.